The second-order valence-corrected chi connectivity index (χ2v) is 7.35. The molecule has 0 spiro atoms. The molecule has 2 amide bonds. The highest BCUT2D eigenvalue weighted by Gasteiger charge is 2.40. The molecule has 0 unspecified atom stereocenters. The number of anilines is 1. The largest absolute Gasteiger partial charge is 0.471 e. The van der Waals surface area contributed by atoms with Crippen LogP contribution in [0.2, 0.25) is 0 Å². The zero-order valence-electron chi connectivity index (χ0n) is 12.2. The molecule has 11 heteroatoms. The van der Waals surface area contributed by atoms with Gasteiger partial charge in [0.2, 0.25) is 0 Å². The lowest BCUT2D eigenvalue weighted by Crippen LogP contribution is -2.48. The van der Waals surface area contributed by atoms with E-state index < -0.39 is 18.0 Å². The third-order valence-electron chi connectivity index (χ3n) is 3.06. The van der Waals surface area contributed by atoms with Crippen LogP contribution in [0.4, 0.5) is 18.2 Å². The first-order valence-electron chi connectivity index (χ1n) is 6.43. The first-order chi connectivity index (χ1) is 10.6. The summed E-state index contributed by atoms with van der Waals surface area (Å²) in [5, 5.41) is 4.10. The van der Waals surface area contributed by atoms with Gasteiger partial charge in [0.25, 0.3) is 5.91 Å². The van der Waals surface area contributed by atoms with E-state index in [9.17, 15) is 22.8 Å². The van der Waals surface area contributed by atoms with E-state index in [0.717, 1.165) is 11.3 Å². The standard InChI is InChI=1S/C12H14F3N3O3S2/c1-11(4-21-5-11)3-16-7(19)6-8(23-10(17-6)22-2)18-9(20)12(13,14)15/h3-5H2,1-2H3,(H,16,19)(H,18,20). The maximum Gasteiger partial charge on any atom is 0.471 e. The number of thioether (sulfide) groups is 1. The van der Waals surface area contributed by atoms with Crippen LogP contribution in [0.1, 0.15) is 17.4 Å². The molecule has 6 nitrogen and oxygen atoms in total. The fourth-order valence-corrected chi connectivity index (χ4v) is 3.19. The maximum absolute atomic E-state index is 12.4. The van der Waals surface area contributed by atoms with E-state index in [2.05, 4.69) is 10.3 Å². The lowest BCUT2D eigenvalue weighted by atomic mass is 9.89. The van der Waals surface area contributed by atoms with Crippen molar-refractivity contribution in [2.45, 2.75) is 17.4 Å². The Hall–Kier alpha value is -1.33. The van der Waals surface area contributed by atoms with Crippen molar-refractivity contribution in [3.8, 4) is 0 Å². The summed E-state index contributed by atoms with van der Waals surface area (Å²) in [7, 11) is 0. The van der Waals surface area contributed by atoms with Gasteiger partial charge in [-0.2, -0.15) is 13.2 Å². The van der Waals surface area contributed by atoms with Gasteiger partial charge in [-0.05, 0) is 6.26 Å². The highest BCUT2D eigenvalue weighted by molar-refractivity contribution is 8.00. The monoisotopic (exact) mass is 369 g/mol. The molecule has 2 heterocycles. The Morgan fingerprint density at radius 1 is 1.43 bits per heavy atom. The van der Waals surface area contributed by atoms with Gasteiger partial charge in [0.1, 0.15) is 5.00 Å². The van der Waals surface area contributed by atoms with Crippen molar-refractivity contribution in [2.75, 3.05) is 31.3 Å². The number of rotatable bonds is 5. The van der Waals surface area contributed by atoms with Gasteiger partial charge in [-0.25, -0.2) is 4.98 Å². The first-order valence-corrected chi connectivity index (χ1v) is 8.48. The number of amides is 2. The predicted octanol–water partition coefficient (Wildman–Crippen LogP) is 2.13. The second kappa shape index (κ2) is 6.65. The molecule has 2 N–H and O–H groups in total. The minimum Gasteiger partial charge on any atom is -0.380 e. The topological polar surface area (TPSA) is 80.3 Å². The third-order valence-corrected chi connectivity index (χ3v) is 5.01. The van der Waals surface area contributed by atoms with Crippen molar-refractivity contribution in [3.63, 3.8) is 0 Å². The lowest BCUT2D eigenvalue weighted by Gasteiger charge is -2.37. The van der Waals surface area contributed by atoms with Gasteiger partial charge >= 0.3 is 12.1 Å². The molecule has 1 saturated heterocycles. The number of hydrogen-bond donors (Lipinski definition) is 2. The summed E-state index contributed by atoms with van der Waals surface area (Å²) >= 11 is 1.99. The Kier molecular flexibility index (Phi) is 5.21. The number of thiazole rings is 1. The molecular formula is C12H14F3N3O3S2. The lowest BCUT2D eigenvalue weighted by molar-refractivity contribution is -0.167. The van der Waals surface area contributed by atoms with Crippen LogP contribution in [-0.4, -0.2) is 49.0 Å². The number of nitrogens with zero attached hydrogens (tertiary/aromatic N) is 1. The molecule has 1 aliphatic rings. The number of carbonyl (C=O) groups is 2. The number of hydrogen-bond acceptors (Lipinski definition) is 6. The van der Waals surface area contributed by atoms with Gasteiger partial charge in [-0.1, -0.05) is 30.0 Å². The van der Waals surface area contributed by atoms with Crippen LogP contribution < -0.4 is 10.6 Å². The number of alkyl halides is 3. The van der Waals surface area contributed by atoms with E-state index >= 15 is 0 Å². The Labute approximate surface area is 138 Å². The summed E-state index contributed by atoms with van der Waals surface area (Å²) in [6.07, 6.45) is -3.36. The number of ether oxygens (including phenoxy) is 1. The van der Waals surface area contributed by atoms with E-state index in [-0.39, 0.29) is 16.1 Å². The van der Waals surface area contributed by atoms with E-state index in [0.29, 0.717) is 24.1 Å². The molecule has 0 bridgehead atoms. The normalized spacial score (nSPS) is 16.6. The molecule has 0 saturated carbocycles. The van der Waals surface area contributed by atoms with Gasteiger partial charge in [0.15, 0.2) is 10.0 Å². The van der Waals surface area contributed by atoms with Crippen LogP contribution in [0, 0.1) is 5.41 Å². The highest BCUT2D eigenvalue weighted by atomic mass is 32.2. The average Bonchev–Trinajstić information content (AvgIpc) is 2.84. The van der Waals surface area contributed by atoms with Crippen LogP contribution in [0.5, 0.6) is 0 Å². The van der Waals surface area contributed by atoms with E-state index in [1.807, 2.05) is 6.92 Å². The number of aromatic nitrogens is 1. The molecule has 1 aromatic rings. The molecule has 2 rings (SSSR count). The van der Waals surface area contributed by atoms with E-state index in [4.69, 9.17) is 4.74 Å². The molecule has 1 aliphatic heterocycles. The zero-order valence-corrected chi connectivity index (χ0v) is 13.9. The molecule has 128 valence electrons. The van der Waals surface area contributed by atoms with Gasteiger partial charge < -0.3 is 15.4 Å². The van der Waals surface area contributed by atoms with Crippen LogP contribution in [0.3, 0.4) is 0 Å². The van der Waals surface area contributed by atoms with Crippen molar-refractivity contribution in [1.29, 1.82) is 0 Å². The highest BCUT2D eigenvalue weighted by Crippen LogP contribution is 2.32. The van der Waals surface area contributed by atoms with Crippen molar-refractivity contribution in [3.05, 3.63) is 5.69 Å². The summed E-state index contributed by atoms with van der Waals surface area (Å²) in [5.41, 5.74) is -0.413. The van der Waals surface area contributed by atoms with E-state index in [1.54, 1.807) is 11.6 Å². The quantitative estimate of drug-likeness (QED) is 0.778. The van der Waals surface area contributed by atoms with Crippen molar-refractivity contribution in [2.24, 2.45) is 5.41 Å². The van der Waals surface area contributed by atoms with Gasteiger partial charge in [0, 0.05) is 12.0 Å². The second-order valence-electron chi connectivity index (χ2n) is 5.30. The maximum atomic E-state index is 12.4. The molecule has 1 aromatic heterocycles. The minimum atomic E-state index is -5.03. The van der Waals surface area contributed by atoms with Gasteiger partial charge in [-0.3, -0.25) is 9.59 Å². The summed E-state index contributed by atoms with van der Waals surface area (Å²) in [6, 6.07) is 0. The van der Waals surface area contributed by atoms with Crippen LogP contribution in [0.15, 0.2) is 4.34 Å². The summed E-state index contributed by atoms with van der Waals surface area (Å²) in [4.78, 5) is 27.2. The van der Waals surface area contributed by atoms with E-state index in [1.165, 1.54) is 11.8 Å². The fourth-order valence-electron chi connectivity index (χ4n) is 1.73. The molecule has 23 heavy (non-hydrogen) atoms. The fraction of sp³-hybridized carbons (Fsp3) is 0.583. The molecule has 0 atom stereocenters. The summed E-state index contributed by atoms with van der Waals surface area (Å²) in [6.45, 7) is 3.22. The molecule has 0 aromatic carbocycles. The third kappa shape index (κ3) is 4.36. The Morgan fingerprint density at radius 3 is 2.57 bits per heavy atom. The SMILES string of the molecule is CSc1nc(C(=O)NCC2(C)COC2)c(NC(=O)C(F)(F)F)s1. The van der Waals surface area contributed by atoms with Crippen molar-refractivity contribution in [1.82, 2.24) is 10.3 Å². The van der Waals surface area contributed by atoms with Crippen molar-refractivity contribution >= 4 is 39.9 Å². The van der Waals surface area contributed by atoms with Crippen molar-refractivity contribution < 1.29 is 27.5 Å². The van der Waals surface area contributed by atoms with Crippen LogP contribution in [0.25, 0.3) is 0 Å². The van der Waals surface area contributed by atoms with Crippen LogP contribution >= 0.6 is 23.1 Å². The van der Waals surface area contributed by atoms with Gasteiger partial charge in [-0.15, -0.1) is 0 Å². The number of halogens is 3. The Bertz CT molecular complexity index is 614. The smallest absolute Gasteiger partial charge is 0.380 e. The average molecular weight is 369 g/mol. The Morgan fingerprint density at radius 2 is 2.09 bits per heavy atom. The van der Waals surface area contributed by atoms with Gasteiger partial charge in [0.05, 0.1) is 13.2 Å². The zero-order chi connectivity index (χ0) is 17.3. The van der Waals surface area contributed by atoms with Crippen LogP contribution in [-0.2, 0) is 9.53 Å². The number of carbonyl (C=O) groups excluding carboxylic acids is 2. The summed E-state index contributed by atoms with van der Waals surface area (Å²) in [5.74, 6) is -2.77. The molecule has 1 fully saturated rings. The summed E-state index contributed by atoms with van der Waals surface area (Å²) < 4.78 is 42.5. The predicted molar refractivity (Wildman–Crippen MR) is 79.8 cm³/mol. The molecule has 0 radical (unpaired) electrons. The number of nitrogens with one attached hydrogen (secondary N) is 2. The Balaban J connectivity index is 2.11. The first kappa shape index (κ1) is 18.0. The minimum absolute atomic E-state index is 0.191. The molecule has 0 aliphatic carbocycles. The molecular weight excluding hydrogens is 355 g/mol.